The third kappa shape index (κ3) is 7.18. The van der Waals surface area contributed by atoms with Crippen molar-refractivity contribution in [3.8, 4) is 5.75 Å². The molecule has 5 nitrogen and oxygen atoms in total. The van der Waals surface area contributed by atoms with Crippen LogP contribution in [0.1, 0.15) is 39.0 Å². The number of halogens is 1. The standard InChI is InChI=1S/C19H24ClNO4/c1-14(19(23)21-12-11-15-5-3-2-4-6-15)25-18(22)13-24-17-9-7-16(20)8-10-17/h5,7-10,14H,2-4,6,11-13H2,1H3,(H,21,23)/t14-/m0/s1. The van der Waals surface area contributed by atoms with E-state index in [4.69, 9.17) is 21.1 Å². The van der Waals surface area contributed by atoms with Gasteiger partial charge < -0.3 is 14.8 Å². The zero-order valence-corrected chi connectivity index (χ0v) is 15.2. The van der Waals surface area contributed by atoms with Gasteiger partial charge in [-0.1, -0.05) is 23.3 Å². The molecule has 1 aromatic carbocycles. The quantitative estimate of drug-likeness (QED) is 0.564. The topological polar surface area (TPSA) is 64.6 Å². The zero-order valence-electron chi connectivity index (χ0n) is 14.4. The molecular formula is C19H24ClNO4. The van der Waals surface area contributed by atoms with Crippen molar-refractivity contribution >= 4 is 23.5 Å². The summed E-state index contributed by atoms with van der Waals surface area (Å²) in [7, 11) is 0. The van der Waals surface area contributed by atoms with Crippen LogP contribution in [0.25, 0.3) is 0 Å². The first-order chi connectivity index (χ1) is 12.0. The molecule has 6 heteroatoms. The molecule has 1 N–H and O–H groups in total. The first-order valence-electron chi connectivity index (χ1n) is 8.58. The van der Waals surface area contributed by atoms with E-state index in [0.717, 1.165) is 19.3 Å². The van der Waals surface area contributed by atoms with Gasteiger partial charge in [-0.15, -0.1) is 0 Å². The number of carbonyl (C=O) groups is 2. The second-order valence-corrected chi connectivity index (χ2v) is 6.46. The zero-order chi connectivity index (χ0) is 18.1. The summed E-state index contributed by atoms with van der Waals surface area (Å²) in [6, 6.07) is 6.65. The molecule has 0 heterocycles. The van der Waals surface area contributed by atoms with E-state index in [9.17, 15) is 9.59 Å². The summed E-state index contributed by atoms with van der Waals surface area (Å²) in [6.07, 6.45) is 6.98. The molecule has 1 amide bonds. The van der Waals surface area contributed by atoms with Gasteiger partial charge in [0.1, 0.15) is 5.75 Å². The van der Waals surface area contributed by atoms with Gasteiger partial charge in [0, 0.05) is 11.6 Å². The van der Waals surface area contributed by atoms with Gasteiger partial charge in [-0.05, 0) is 63.3 Å². The van der Waals surface area contributed by atoms with Gasteiger partial charge in [0.25, 0.3) is 5.91 Å². The minimum absolute atomic E-state index is 0.258. The van der Waals surface area contributed by atoms with Crippen molar-refractivity contribution in [3.05, 3.63) is 40.9 Å². The van der Waals surface area contributed by atoms with E-state index in [-0.39, 0.29) is 12.5 Å². The van der Waals surface area contributed by atoms with Crippen LogP contribution in [0.4, 0.5) is 0 Å². The van der Waals surface area contributed by atoms with Crippen LogP contribution >= 0.6 is 11.6 Å². The Balaban J connectivity index is 1.64. The van der Waals surface area contributed by atoms with Crippen LogP contribution < -0.4 is 10.1 Å². The molecule has 0 unspecified atom stereocenters. The molecule has 1 aliphatic carbocycles. The molecule has 0 radical (unpaired) electrons. The highest BCUT2D eigenvalue weighted by Gasteiger charge is 2.18. The van der Waals surface area contributed by atoms with Crippen molar-refractivity contribution < 1.29 is 19.1 Å². The Hall–Kier alpha value is -2.01. The van der Waals surface area contributed by atoms with Crippen LogP contribution in [0.5, 0.6) is 5.75 Å². The van der Waals surface area contributed by atoms with Crippen LogP contribution in [-0.4, -0.2) is 31.1 Å². The maximum atomic E-state index is 12.0. The molecule has 0 saturated carbocycles. The SMILES string of the molecule is C[C@H](OC(=O)COc1ccc(Cl)cc1)C(=O)NCCC1=CCCCC1. The molecule has 0 aromatic heterocycles. The minimum atomic E-state index is -0.846. The number of hydrogen-bond acceptors (Lipinski definition) is 4. The second-order valence-electron chi connectivity index (χ2n) is 6.02. The number of carbonyl (C=O) groups excluding carboxylic acids is 2. The van der Waals surface area contributed by atoms with Gasteiger partial charge in [0.15, 0.2) is 12.7 Å². The van der Waals surface area contributed by atoms with Crippen LogP contribution in [0, 0.1) is 0 Å². The lowest BCUT2D eigenvalue weighted by Crippen LogP contribution is -2.37. The van der Waals surface area contributed by atoms with E-state index < -0.39 is 12.1 Å². The number of benzene rings is 1. The Morgan fingerprint density at radius 3 is 2.68 bits per heavy atom. The minimum Gasteiger partial charge on any atom is -0.482 e. The highest BCUT2D eigenvalue weighted by Crippen LogP contribution is 2.19. The number of hydrogen-bond donors (Lipinski definition) is 1. The lowest BCUT2D eigenvalue weighted by Gasteiger charge is -2.15. The molecule has 0 saturated heterocycles. The predicted molar refractivity (Wildman–Crippen MR) is 96.7 cm³/mol. The van der Waals surface area contributed by atoms with Crippen molar-refractivity contribution in [1.29, 1.82) is 0 Å². The summed E-state index contributed by atoms with van der Waals surface area (Å²) in [5, 5.41) is 3.39. The Morgan fingerprint density at radius 2 is 2.00 bits per heavy atom. The molecule has 1 atom stereocenters. The molecular weight excluding hydrogens is 342 g/mol. The predicted octanol–water partition coefficient (Wildman–Crippen LogP) is 3.66. The normalized spacial score (nSPS) is 15.0. The Bertz CT molecular complexity index is 612. The number of rotatable bonds is 8. The molecule has 1 aromatic rings. The van der Waals surface area contributed by atoms with Gasteiger partial charge in [-0.2, -0.15) is 0 Å². The van der Waals surface area contributed by atoms with E-state index in [0.29, 0.717) is 17.3 Å². The fraction of sp³-hybridized carbons (Fsp3) is 0.474. The molecule has 0 spiro atoms. The van der Waals surface area contributed by atoms with Crippen molar-refractivity contribution in [3.63, 3.8) is 0 Å². The Morgan fingerprint density at radius 1 is 1.24 bits per heavy atom. The molecule has 0 bridgehead atoms. The number of nitrogens with one attached hydrogen (secondary N) is 1. The fourth-order valence-electron chi connectivity index (χ4n) is 2.58. The van der Waals surface area contributed by atoms with E-state index in [1.807, 2.05) is 0 Å². The lowest BCUT2D eigenvalue weighted by atomic mass is 9.97. The largest absolute Gasteiger partial charge is 0.482 e. The summed E-state index contributed by atoms with van der Waals surface area (Å²) >= 11 is 5.77. The van der Waals surface area contributed by atoms with Crippen LogP contribution in [0.3, 0.4) is 0 Å². The third-order valence-corrected chi connectivity index (χ3v) is 4.23. The first kappa shape index (κ1) is 19.3. The lowest BCUT2D eigenvalue weighted by molar-refractivity contribution is -0.156. The van der Waals surface area contributed by atoms with Gasteiger partial charge in [-0.3, -0.25) is 4.79 Å². The number of amides is 1. The highest BCUT2D eigenvalue weighted by molar-refractivity contribution is 6.30. The molecule has 25 heavy (non-hydrogen) atoms. The van der Waals surface area contributed by atoms with E-state index in [2.05, 4.69) is 11.4 Å². The Labute approximate surface area is 153 Å². The van der Waals surface area contributed by atoms with Crippen LogP contribution in [-0.2, 0) is 14.3 Å². The van der Waals surface area contributed by atoms with Gasteiger partial charge in [0.2, 0.25) is 0 Å². The maximum Gasteiger partial charge on any atom is 0.344 e. The summed E-state index contributed by atoms with van der Waals surface area (Å²) in [5.74, 6) is -0.372. The molecule has 2 rings (SSSR count). The fourth-order valence-corrected chi connectivity index (χ4v) is 2.71. The van der Waals surface area contributed by atoms with Crippen molar-refractivity contribution in [2.75, 3.05) is 13.2 Å². The van der Waals surface area contributed by atoms with Gasteiger partial charge in [0.05, 0.1) is 0 Å². The van der Waals surface area contributed by atoms with E-state index in [1.165, 1.54) is 18.4 Å². The molecule has 0 aliphatic heterocycles. The molecule has 1 aliphatic rings. The van der Waals surface area contributed by atoms with Crippen LogP contribution in [0.2, 0.25) is 5.02 Å². The van der Waals surface area contributed by atoms with Crippen molar-refractivity contribution in [2.45, 2.75) is 45.1 Å². The van der Waals surface area contributed by atoms with E-state index >= 15 is 0 Å². The summed E-state index contributed by atoms with van der Waals surface area (Å²) in [6.45, 7) is 1.86. The Kier molecular flexibility index (Phi) is 7.79. The monoisotopic (exact) mass is 365 g/mol. The van der Waals surface area contributed by atoms with E-state index in [1.54, 1.807) is 31.2 Å². The average Bonchev–Trinajstić information content (AvgIpc) is 2.62. The number of ether oxygens (including phenoxy) is 2. The van der Waals surface area contributed by atoms with Crippen LogP contribution in [0.15, 0.2) is 35.9 Å². The summed E-state index contributed by atoms with van der Waals surface area (Å²) in [4.78, 5) is 23.7. The molecule has 0 fully saturated rings. The van der Waals surface area contributed by atoms with Crippen molar-refractivity contribution in [1.82, 2.24) is 5.32 Å². The average molecular weight is 366 g/mol. The van der Waals surface area contributed by atoms with Crippen molar-refractivity contribution in [2.24, 2.45) is 0 Å². The molecule has 136 valence electrons. The smallest absolute Gasteiger partial charge is 0.344 e. The second kappa shape index (κ2) is 10.1. The number of allylic oxidation sites excluding steroid dienone is 1. The van der Waals surface area contributed by atoms with Gasteiger partial charge in [-0.25, -0.2) is 4.79 Å². The number of esters is 1. The highest BCUT2D eigenvalue weighted by atomic mass is 35.5. The summed E-state index contributed by atoms with van der Waals surface area (Å²) in [5.41, 5.74) is 1.40. The van der Waals surface area contributed by atoms with Gasteiger partial charge >= 0.3 is 5.97 Å². The summed E-state index contributed by atoms with van der Waals surface area (Å²) < 4.78 is 10.4. The first-order valence-corrected chi connectivity index (χ1v) is 8.96. The third-order valence-electron chi connectivity index (χ3n) is 3.98. The maximum absolute atomic E-state index is 12.0.